The van der Waals surface area contributed by atoms with Crippen LogP contribution in [0.2, 0.25) is 0 Å². The van der Waals surface area contributed by atoms with E-state index in [-0.39, 0.29) is 6.15 Å². The van der Waals surface area contributed by atoms with E-state index in [0.29, 0.717) is 0 Å². The summed E-state index contributed by atoms with van der Waals surface area (Å²) < 4.78 is 5.02. The standard InChI is InChI=1S/C14H30O.H3N/c1-3-4-5-6-7-8-9-10-11-12-13-14-15-2;/h3-14H2,1-2H3;1H3. The normalized spacial score (nSPS) is 10.1. The highest BCUT2D eigenvalue weighted by Gasteiger charge is 1.92. The summed E-state index contributed by atoms with van der Waals surface area (Å²) >= 11 is 0. The Labute approximate surface area is 103 Å². The van der Waals surface area contributed by atoms with Crippen LogP contribution in [0.25, 0.3) is 0 Å². The highest BCUT2D eigenvalue weighted by molar-refractivity contribution is 4.47. The minimum atomic E-state index is 0. The lowest BCUT2D eigenvalue weighted by molar-refractivity contribution is 0.192. The Kier molecular flexibility index (Phi) is 19.8. The van der Waals surface area contributed by atoms with E-state index in [1.165, 1.54) is 70.6 Å². The summed E-state index contributed by atoms with van der Waals surface area (Å²) in [5.41, 5.74) is 0. The van der Waals surface area contributed by atoms with Crippen LogP contribution in [-0.2, 0) is 4.74 Å². The zero-order valence-electron chi connectivity index (χ0n) is 11.6. The van der Waals surface area contributed by atoms with Crippen molar-refractivity contribution in [3.05, 3.63) is 0 Å². The molecule has 0 spiro atoms. The largest absolute Gasteiger partial charge is 0.385 e. The van der Waals surface area contributed by atoms with E-state index in [9.17, 15) is 0 Å². The minimum Gasteiger partial charge on any atom is -0.385 e. The number of methoxy groups -OCH3 is 1. The molecule has 0 aromatic rings. The molecule has 16 heavy (non-hydrogen) atoms. The summed E-state index contributed by atoms with van der Waals surface area (Å²) in [6.45, 7) is 3.22. The van der Waals surface area contributed by atoms with E-state index in [0.717, 1.165) is 6.61 Å². The maximum absolute atomic E-state index is 5.02. The highest BCUT2D eigenvalue weighted by Crippen LogP contribution is 2.11. The van der Waals surface area contributed by atoms with Gasteiger partial charge in [0.25, 0.3) is 0 Å². The van der Waals surface area contributed by atoms with Gasteiger partial charge in [0.15, 0.2) is 0 Å². The Morgan fingerprint density at radius 1 is 0.625 bits per heavy atom. The first-order chi connectivity index (χ1) is 7.41. The van der Waals surface area contributed by atoms with Gasteiger partial charge in [-0.05, 0) is 6.42 Å². The fourth-order valence-electron chi connectivity index (χ4n) is 1.91. The number of rotatable bonds is 12. The van der Waals surface area contributed by atoms with Crippen LogP contribution >= 0.6 is 0 Å². The third kappa shape index (κ3) is 16.4. The van der Waals surface area contributed by atoms with E-state index in [1.807, 2.05) is 0 Å². The van der Waals surface area contributed by atoms with Crippen LogP contribution < -0.4 is 6.15 Å². The molecule has 100 valence electrons. The van der Waals surface area contributed by atoms with Gasteiger partial charge in [-0.25, -0.2) is 0 Å². The molecule has 0 saturated heterocycles. The van der Waals surface area contributed by atoms with E-state index in [4.69, 9.17) is 4.74 Å². The number of hydrogen-bond donors (Lipinski definition) is 1. The van der Waals surface area contributed by atoms with Gasteiger partial charge in [-0.1, -0.05) is 71.1 Å². The minimum absolute atomic E-state index is 0. The quantitative estimate of drug-likeness (QED) is 0.474. The second-order valence-electron chi connectivity index (χ2n) is 4.53. The summed E-state index contributed by atoms with van der Waals surface area (Å²) in [6.07, 6.45) is 15.5. The lowest BCUT2D eigenvalue weighted by Gasteiger charge is -2.02. The summed E-state index contributed by atoms with van der Waals surface area (Å²) in [5.74, 6) is 0. The van der Waals surface area contributed by atoms with Crippen molar-refractivity contribution in [1.82, 2.24) is 6.15 Å². The van der Waals surface area contributed by atoms with Crippen molar-refractivity contribution < 1.29 is 4.74 Å². The second-order valence-corrected chi connectivity index (χ2v) is 4.53. The fraction of sp³-hybridized carbons (Fsp3) is 1.00. The zero-order chi connectivity index (χ0) is 11.2. The van der Waals surface area contributed by atoms with Crippen LogP contribution in [0.4, 0.5) is 0 Å². The molecule has 0 unspecified atom stereocenters. The molecule has 0 rings (SSSR count). The fourth-order valence-corrected chi connectivity index (χ4v) is 1.91. The average Bonchev–Trinajstić information content (AvgIpc) is 2.26. The molecule has 2 heteroatoms. The molecular formula is C14H33NO. The molecule has 0 amide bonds. The molecule has 0 aliphatic carbocycles. The molecule has 0 aliphatic rings. The van der Waals surface area contributed by atoms with Gasteiger partial charge in [0.2, 0.25) is 0 Å². The molecule has 0 aromatic heterocycles. The molecular weight excluding hydrogens is 198 g/mol. The molecule has 0 bridgehead atoms. The van der Waals surface area contributed by atoms with Crippen LogP contribution in [-0.4, -0.2) is 13.7 Å². The molecule has 3 N–H and O–H groups in total. The van der Waals surface area contributed by atoms with Gasteiger partial charge in [-0.2, -0.15) is 0 Å². The Morgan fingerprint density at radius 2 is 1.00 bits per heavy atom. The topological polar surface area (TPSA) is 44.2 Å². The first-order valence-electron chi connectivity index (χ1n) is 6.90. The van der Waals surface area contributed by atoms with Gasteiger partial charge in [0.05, 0.1) is 0 Å². The van der Waals surface area contributed by atoms with Crippen molar-refractivity contribution >= 4 is 0 Å². The molecule has 0 heterocycles. The van der Waals surface area contributed by atoms with E-state index in [1.54, 1.807) is 7.11 Å². The first kappa shape index (κ1) is 18.3. The lowest BCUT2D eigenvalue weighted by Crippen LogP contribution is -1.88. The van der Waals surface area contributed by atoms with E-state index >= 15 is 0 Å². The van der Waals surface area contributed by atoms with Crippen LogP contribution in [0.1, 0.15) is 77.6 Å². The summed E-state index contributed by atoms with van der Waals surface area (Å²) in [7, 11) is 1.79. The monoisotopic (exact) mass is 231 g/mol. The predicted molar refractivity (Wildman–Crippen MR) is 73.4 cm³/mol. The second kappa shape index (κ2) is 17.3. The predicted octanol–water partition coefficient (Wildman–Crippen LogP) is 5.11. The molecule has 0 aliphatic heterocycles. The van der Waals surface area contributed by atoms with Crippen molar-refractivity contribution in [2.24, 2.45) is 0 Å². The van der Waals surface area contributed by atoms with Gasteiger partial charge in [0, 0.05) is 13.7 Å². The van der Waals surface area contributed by atoms with Crippen molar-refractivity contribution in [2.45, 2.75) is 77.6 Å². The maximum atomic E-state index is 5.02. The first-order valence-corrected chi connectivity index (χ1v) is 6.90. The Bertz CT molecular complexity index is 94.9. The maximum Gasteiger partial charge on any atom is 0.0462 e. The van der Waals surface area contributed by atoms with Gasteiger partial charge in [0.1, 0.15) is 0 Å². The van der Waals surface area contributed by atoms with E-state index in [2.05, 4.69) is 6.92 Å². The number of unbranched alkanes of at least 4 members (excludes halogenated alkanes) is 10. The average molecular weight is 231 g/mol. The molecule has 0 radical (unpaired) electrons. The third-order valence-electron chi connectivity index (χ3n) is 2.95. The lowest BCUT2D eigenvalue weighted by atomic mass is 10.1. The third-order valence-corrected chi connectivity index (χ3v) is 2.95. The van der Waals surface area contributed by atoms with Gasteiger partial charge in [-0.15, -0.1) is 0 Å². The number of ether oxygens (including phenoxy) is 1. The molecule has 0 aromatic carbocycles. The molecule has 2 nitrogen and oxygen atoms in total. The van der Waals surface area contributed by atoms with Gasteiger partial charge in [-0.3, -0.25) is 0 Å². The van der Waals surface area contributed by atoms with Crippen molar-refractivity contribution in [2.75, 3.05) is 13.7 Å². The molecule has 0 saturated carbocycles. The summed E-state index contributed by atoms with van der Waals surface area (Å²) in [4.78, 5) is 0. The van der Waals surface area contributed by atoms with Crippen LogP contribution in [0, 0.1) is 0 Å². The summed E-state index contributed by atoms with van der Waals surface area (Å²) in [5, 5.41) is 0. The Balaban J connectivity index is 0. The summed E-state index contributed by atoms with van der Waals surface area (Å²) in [6, 6.07) is 0. The van der Waals surface area contributed by atoms with Crippen LogP contribution in [0.15, 0.2) is 0 Å². The SMILES string of the molecule is CCCCCCCCCCCCCOC.N. The highest BCUT2D eigenvalue weighted by atomic mass is 16.5. The van der Waals surface area contributed by atoms with Crippen molar-refractivity contribution in [3.63, 3.8) is 0 Å². The van der Waals surface area contributed by atoms with Gasteiger partial charge >= 0.3 is 0 Å². The van der Waals surface area contributed by atoms with Crippen molar-refractivity contribution in [1.29, 1.82) is 0 Å². The molecule has 0 fully saturated rings. The van der Waals surface area contributed by atoms with Crippen molar-refractivity contribution in [3.8, 4) is 0 Å². The Hall–Kier alpha value is -0.0800. The van der Waals surface area contributed by atoms with Gasteiger partial charge < -0.3 is 10.9 Å². The number of hydrogen-bond acceptors (Lipinski definition) is 2. The zero-order valence-corrected chi connectivity index (χ0v) is 11.6. The van der Waals surface area contributed by atoms with Crippen LogP contribution in [0.5, 0.6) is 0 Å². The smallest absolute Gasteiger partial charge is 0.0462 e. The van der Waals surface area contributed by atoms with Crippen LogP contribution in [0.3, 0.4) is 0 Å². The Morgan fingerprint density at radius 3 is 1.38 bits per heavy atom. The van der Waals surface area contributed by atoms with E-state index < -0.39 is 0 Å². The molecule has 0 atom stereocenters.